The Kier molecular flexibility index (Phi) is 3.79. The molecule has 0 fully saturated rings. The van der Waals surface area contributed by atoms with Crippen LogP contribution < -0.4 is 5.32 Å². The van der Waals surface area contributed by atoms with Crippen molar-refractivity contribution in [2.75, 3.05) is 5.32 Å². The van der Waals surface area contributed by atoms with Crippen LogP contribution in [0.15, 0.2) is 36.7 Å². The van der Waals surface area contributed by atoms with Crippen LogP contribution in [0.3, 0.4) is 0 Å². The molecule has 0 saturated heterocycles. The molecule has 1 aromatic heterocycles. The monoisotopic (exact) mass is 261 g/mol. The fourth-order valence-electron chi connectivity index (χ4n) is 1.39. The minimum atomic E-state index is -0.215. The van der Waals surface area contributed by atoms with Gasteiger partial charge in [-0.1, -0.05) is 23.7 Å². The van der Waals surface area contributed by atoms with Gasteiger partial charge in [-0.05, 0) is 30.2 Å². The van der Waals surface area contributed by atoms with Crippen molar-refractivity contribution in [2.24, 2.45) is 0 Å². The number of hydrogen-bond donors (Lipinski definition) is 2. The molecule has 0 radical (unpaired) electrons. The maximum absolute atomic E-state index is 11.6. The zero-order chi connectivity index (χ0) is 13.0. The van der Waals surface area contributed by atoms with E-state index in [4.69, 9.17) is 11.6 Å². The quantitative estimate of drug-likeness (QED) is 0.835. The van der Waals surface area contributed by atoms with Gasteiger partial charge in [0.05, 0.1) is 11.9 Å². The maximum Gasteiger partial charge on any atom is 0.248 e. The molecule has 5 heteroatoms. The highest BCUT2D eigenvalue weighted by atomic mass is 35.5. The molecule has 18 heavy (non-hydrogen) atoms. The summed E-state index contributed by atoms with van der Waals surface area (Å²) in [6.45, 7) is 1.93. The third-order valence-electron chi connectivity index (χ3n) is 2.39. The van der Waals surface area contributed by atoms with E-state index in [0.29, 0.717) is 10.7 Å². The number of H-pyrrole nitrogens is 1. The van der Waals surface area contributed by atoms with Gasteiger partial charge < -0.3 is 5.32 Å². The van der Waals surface area contributed by atoms with Crippen LogP contribution in [0.5, 0.6) is 0 Å². The van der Waals surface area contributed by atoms with Crippen molar-refractivity contribution in [3.8, 4) is 0 Å². The van der Waals surface area contributed by atoms with Crippen LogP contribution in [0.4, 0.5) is 5.69 Å². The smallest absolute Gasteiger partial charge is 0.248 e. The van der Waals surface area contributed by atoms with Crippen molar-refractivity contribution in [1.29, 1.82) is 0 Å². The average molecular weight is 262 g/mol. The minimum Gasteiger partial charge on any atom is -0.320 e. The van der Waals surface area contributed by atoms with Crippen LogP contribution in [0.25, 0.3) is 6.08 Å². The number of carbonyl (C=O) groups is 1. The van der Waals surface area contributed by atoms with Crippen molar-refractivity contribution in [3.63, 3.8) is 0 Å². The Morgan fingerprint density at radius 3 is 3.00 bits per heavy atom. The first-order chi connectivity index (χ1) is 8.65. The standard InChI is InChI=1S/C13H12ClN3O/c1-9-2-3-10(6-12(9)14)4-5-13(18)17-11-7-15-16-8-11/h2-8H,1H3,(H,15,16)(H,17,18)/b5-4+. The van der Waals surface area contributed by atoms with Crippen LogP contribution in [-0.4, -0.2) is 16.1 Å². The van der Waals surface area contributed by atoms with E-state index in [0.717, 1.165) is 11.1 Å². The Bertz CT molecular complexity index is 576. The molecule has 2 rings (SSSR count). The summed E-state index contributed by atoms with van der Waals surface area (Å²) in [6.07, 6.45) is 6.30. The number of hydrogen-bond acceptors (Lipinski definition) is 2. The molecule has 1 amide bonds. The normalized spacial score (nSPS) is 10.8. The summed E-state index contributed by atoms with van der Waals surface area (Å²) in [6, 6.07) is 5.64. The van der Waals surface area contributed by atoms with Gasteiger partial charge in [0.15, 0.2) is 0 Å². The summed E-state index contributed by atoms with van der Waals surface area (Å²) in [5.41, 5.74) is 2.52. The molecule has 1 heterocycles. The fraction of sp³-hybridized carbons (Fsp3) is 0.0769. The number of rotatable bonds is 3. The van der Waals surface area contributed by atoms with Crippen molar-refractivity contribution in [1.82, 2.24) is 10.2 Å². The van der Waals surface area contributed by atoms with E-state index in [-0.39, 0.29) is 5.91 Å². The highest BCUT2D eigenvalue weighted by Gasteiger charge is 1.99. The Hall–Kier alpha value is -2.07. The van der Waals surface area contributed by atoms with E-state index in [1.807, 2.05) is 25.1 Å². The lowest BCUT2D eigenvalue weighted by atomic mass is 10.1. The first-order valence-corrected chi connectivity index (χ1v) is 5.77. The number of aryl methyl sites for hydroxylation is 1. The van der Waals surface area contributed by atoms with Gasteiger partial charge in [-0.15, -0.1) is 0 Å². The van der Waals surface area contributed by atoms with Gasteiger partial charge in [-0.3, -0.25) is 9.89 Å². The number of amides is 1. The first-order valence-electron chi connectivity index (χ1n) is 5.39. The molecule has 2 N–H and O–H groups in total. The van der Waals surface area contributed by atoms with Gasteiger partial charge in [-0.25, -0.2) is 0 Å². The number of nitrogens with one attached hydrogen (secondary N) is 2. The summed E-state index contributed by atoms with van der Waals surface area (Å²) in [5, 5.41) is 9.70. The molecule has 92 valence electrons. The number of nitrogens with zero attached hydrogens (tertiary/aromatic N) is 1. The number of benzene rings is 1. The third-order valence-corrected chi connectivity index (χ3v) is 2.80. The zero-order valence-electron chi connectivity index (χ0n) is 9.77. The Morgan fingerprint density at radius 2 is 2.33 bits per heavy atom. The van der Waals surface area contributed by atoms with Crippen LogP contribution in [0, 0.1) is 6.92 Å². The minimum absolute atomic E-state index is 0.215. The second-order valence-corrected chi connectivity index (χ2v) is 4.23. The molecule has 4 nitrogen and oxygen atoms in total. The SMILES string of the molecule is Cc1ccc(/C=C/C(=O)Nc2cn[nH]c2)cc1Cl. The highest BCUT2D eigenvalue weighted by molar-refractivity contribution is 6.31. The van der Waals surface area contributed by atoms with Crippen molar-refractivity contribution < 1.29 is 4.79 Å². The summed E-state index contributed by atoms with van der Waals surface area (Å²) >= 11 is 6.00. The van der Waals surface area contributed by atoms with Gasteiger partial charge in [0.25, 0.3) is 0 Å². The van der Waals surface area contributed by atoms with Crippen LogP contribution in [-0.2, 0) is 4.79 Å². The molecule has 0 spiro atoms. The van der Waals surface area contributed by atoms with Crippen molar-refractivity contribution in [3.05, 3.63) is 52.8 Å². The number of anilines is 1. The van der Waals surface area contributed by atoms with E-state index in [1.165, 1.54) is 12.3 Å². The molecular weight excluding hydrogens is 250 g/mol. The van der Waals surface area contributed by atoms with Gasteiger partial charge in [0.2, 0.25) is 5.91 Å². The van der Waals surface area contributed by atoms with Crippen molar-refractivity contribution in [2.45, 2.75) is 6.92 Å². The number of halogens is 1. The molecule has 0 aliphatic heterocycles. The Labute approximate surface area is 110 Å². The second kappa shape index (κ2) is 5.51. The van der Waals surface area contributed by atoms with E-state index >= 15 is 0 Å². The lowest BCUT2D eigenvalue weighted by Gasteiger charge is -1.99. The predicted molar refractivity (Wildman–Crippen MR) is 72.4 cm³/mol. The molecule has 0 atom stereocenters. The third kappa shape index (κ3) is 3.21. The van der Waals surface area contributed by atoms with Gasteiger partial charge in [0, 0.05) is 17.3 Å². The molecule has 0 aliphatic rings. The molecule has 0 saturated carbocycles. The molecular formula is C13H12ClN3O. The summed E-state index contributed by atoms with van der Waals surface area (Å²) < 4.78 is 0. The van der Waals surface area contributed by atoms with E-state index in [2.05, 4.69) is 15.5 Å². The summed E-state index contributed by atoms with van der Waals surface area (Å²) in [5.74, 6) is -0.215. The maximum atomic E-state index is 11.6. The van der Waals surface area contributed by atoms with Crippen molar-refractivity contribution >= 4 is 29.3 Å². The zero-order valence-corrected chi connectivity index (χ0v) is 10.5. The summed E-state index contributed by atoms with van der Waals surface area (Å²) in [7, 11) is 0. The average Bonchev–Trinajstić information content (AvgIpc) is 2.83. The Balaban J connectivity index is 2.01. The van der Waals surface area contributed by atoms with Crippen LogP contribution >= 0.6 is 11.6 Å². The second-order valence-electron chi connectivity index (χ2n) is 3.82. The lowest BCUT2D eigenvalue weighted by molar-refractivity contribution is -0.111. The predicted octanol–water partition coefficient (Wildman–Crippen LogP) is 3.02. The van der Waals surface area contributed by atoms with E-state index in [1.54, 1.807) is 12.3 Å². The van der Waals surface area contributed by atoms with Crippen LogP contribution in [0.1, 0.15) is 11.1 Å². The van der Waals surface area contributed by atoms with Crippen LogP contribution in [0.2, 0.25) is 5.02 Å². The summed E-state index contributed by atoms with van der Waals surface area (Å²) in [4.78, 5) is 11.6. The molecule has 2 aromatic rings. The van der Waals surface area contributed by atoms with E-state index < -0.39 is 0 Å². The molecule has 1 aromatic carbocycles. The molecule has 0 aliphatic carbocycles. The highest BCUT2D eigenvalue weighted by Crippen LogP contribution is 2.17. The topological polar surface area (TPSA) is 57.8 Å². The molecule has 0 bridgehead atoms. The fourth-order valence-corrected chi connectivity index (χ4v) is 1.58. The Morgan fingerprint density at radius 1 is 1.50 bits per heavy atom. The first kappa shape index (κ1) is 12.4. The van der Waals surface area contributed by atoms with E-state index in [9.17, 15) is 4.79 Å². The number of carbonyl (C=O) groups excluding carboxylic acids is 1. The number of aromatic amines is 1. The van der Waals surface area contributed by atoms with Gasteiger partial charge in [0.1, 0.15) is 0 Å². The lowest BCUT2D eigenvalue weighted by Crippen LogP contribution is -2.06. The molecule has 0 unspecified atom stereocenters. The van der Waals surface area contributed by atoms with Gasteiger partial charge in [-0.2, -0.15) is 5.10 Å². The number of aromatic nitrogens is 2. The largest absolute Gasteiger partial charge is 0.320 e. The van der Waals surface area contributed by atoms with Gasteiger partial charge >= 0.3 is 0 Å².